The molecule has 0 saturated carbocycles. The molecule has 0 fully saturated rings. The number of ether oxygens (including phenoxy) is 3. The van der Waals surface area contributed by atoms with Gasteiger partial charge in [0, 0.05) is 17.7 Å². The van der Waals surface area contributed by atoms with E-state index in [1.165, 1.54) is 0 Å². The number of fused-ring (bicyclic) bond motifs is 4. The van der Waals surface area contributed by atoms with Gasteiger partial charge in [0.05, 0.1) is 37.9 Å². The molecule has 0 N–H and O–H groups in total. The quantitative estimate of drug-likeness (QED) is 0.152. The predicted octanol–water partition coefficient (Wildman–Crippen LogP) is 8.45. The molecule has 7 nitrogen and oxygen atoms in total. The number of methoxy groups -OCH3 is 2. The standard InChI is InChI=1S/C34H31N3O4/c1-5-41-34(38)30-31(36-35-26-14-10-21(2)11-15-26)32(25-13-12-22-8-6-7-9-23(22)18-25)37-17-16-24-19-28(39-3)29(40-4)20-27(24)33(30)37/h6-15,18-20H,5,16-17H2,1-4H3. The summed E-state index contributed by atoms with van der Waals surface area (Å²) in [5.74, 6) is 0.799. The number of carbonyl (C=O) groups is 1. The predicted molar refractivity (Wildman–Crippen MR) is 161 cm³/mol. The minimum Gasteiger partial charge on any atom is -0.493 e. The molecule has 4 aromatic carbocycles. The average molecular weight is 546 g/mol. The molecule has 0 unspecified atom stereocenters. The third-order valence-electron chi connectivity index (χ3n) is 7.51. The maximum Gasteiger partial charge on any atom is 0.342 e. The van der Waals surface area contributed by atoms with E-state index in [1.807, 2.05) is 55.5 Å². The van der Waals surface area contributed by atoms with Gasteiger partial charge in [0.1, 0.15) is 11.3 Å². The second-order valence-electron chi connectivity index (χ2n) is 10.0. The van der Waals surface area contributed by atoms with E-state index in [9.17, 15) is 4.79 Å². The zero-order chi connectivity index (χ0) is 28.5. The molecule has 0 amide bonds. The van der Waals surface area contributed by atoms with Crippen LogP contribution in [0.5, 0.6) is 11.5 Å². The van der Waals surface area contributed by atoms with E-state index in [4.69, 9.17) is 19.3 Å². The largest absolute Gasteiger partial charge is 0.493 e. The molecular formula is C34H31N3O4. The van der Waals surface area contributed by atoms with Crippen molar-refractivity contribution >= 4 is 28.1 Å². The summed E-state index contributed by atoms with van der Waals surface area (Å²) in [6.45, 7) is 4.72. The average Bonchev–Trinajstić information content (AvgIpc) is 3.34. The van der Waals surface area contributed by atoms with Crippen molar-refractivity contribution in [1.82, 2.24) is 4.57 Å². The maximum absolute atomic E-state index is 13.7. The van der Waals surface area contributed by atoms with Crippen molar-refractivity contribution in [2.24, 2.45) is 10.2 Å². The Morgan fingerprint density at radius 2 is 1.59 bits per heavy atom. The summed E-state index contributed by atoms with van der Waals surface area (Å²) >= 11 is 0. The number of esters is 1. The molecule has 1 aromatic heterocycles. The molecule has 0 saturated heterocycles. The van der Waals surface area contributed by atoms with Gasteiger partial charge in [0.2, 0.25) is 0 Å². The second-order valence-corrected chi connectivity index (χ2v) is 10.0. The molecule has 41 heavy (non-hydrogen) atoms. The monoisotopic (exact) mass is 545 g/mol. The van der Waals surface area contributed by atoms with Crippen molar-refractivity contribution < 1.29 is 19.0 Å². The van der Waals surface area contributed by atoms with Crippen molar-refractivity contribution in [2.75, 3.05) is 20.8 Å². The summed E-state index contributed by atoms with van der Waals surface area (Å²) in [6.07, 6.45) is 0.745. The first kappa shape index (κ1) is 26.3. The number of hydrogen-bond donors (Lipinski definition) is 0. The second kappa shape index (κ2) is 10.9. The van der Waals surface area contributed by atoms with Gasteiger partial charge in [0.25, 0.3) is 0 Å². The first-order valence-electron chi connectivity index (χ1n) is 13.7. The van der Waals surface area contributed by atoms with E-state index < -0.39 is 5.97 Å². The molecular weight excluding hydrogens is 514 g/mol. The number of rotatable bonds is 7. The van der Waals surface area contributed by atoms with Crippen LogP contribution in [0.15, 0.2) is 89.1 Å². The number of nitrogens with zero attached hydrogens (tertiary/aromatic N) is 3. The molecule has 0 aliphatic carbocycles. The number of aryl methyl sites for hydroxylation is 2. The highest BCUT2D eigenvalue weighted by molar-refractivity contribution is 6.07. The normalized spacial score (nSPS) is 12.3. The van der Waals surface area contributed by atoms with Crippen LogP contribution in [0.1, 0.15) is 28.4 Å². The van der Waals surface area contributed by atoms with Crippen molar-refractivity contribution in [2.45, 2.75) is 26.8 Å². The summed E-state index contributed by atoms with van der Waals surface area (Å²) < 4.78 is 19.0. The molecule has 5 aromatic rings. The van der Waals surface area contributed by atoms with Crippen LogP contribution >= 0.6 is 0 Å². The third-order valence-corrected chi connectivity index (χ3v) is 7.51. The first-order valence-corrected chi connectivity index (χ1v) is 13.7. The Labute approximate surface area is 239 Å². The Kier molecular flexibility index (Phi) is 7.01. The third kappa shape index (κ3) is 4.73. The van der Waals surface area contributed by atoms with E-state index in [1.54, 1.807) is 21.1 Å². The van der Waals surface area contributed by atoms with Crippen LogP contribution in [-0.4, -0.2) is 31.4 Å². The molecule has 7 heteroatoms. The highest BCUT2D eigenvalue weighted by atomic mass is 16.5. The number of azo groups is 1. The molecule has 1 aliphatic heterocycles. The summed E-state index contributed by atoms with van der Waals surface area (Å²) in [5, 5.41) is 11.6. The van der Waals surface area contributed by atoms with Crippen LogP contribution in [0.25, 0.3) is 33.3 Å². The van der Waals surface area contributed by atoms with Crippen LogP contribution in [-0.2, 0) is 17.7 Å². The lowest BCUT2D eigenvalue weighted by atomic mass is 9.95. The SMILES string of the molecule is CCOC(=O)c1c(N=Nc2ccc(C)cc2)c(-c2ccc3ccccc3c2)n2c1-c1cc(OC)c(OC)cc1CC2. The topological polar surface area (TPSA) is 74.4 Å². The van der Waals surface area contributed by atoms with E-state index in [0.29, 0.717) is 35.0 Å². The van der Waals surface area contributed by atoms with Gasteiger partial charge in [-0.15, -0.1) is 5.11 Å². The zero-order valence-electron chi connectivity index (χ0n) is 23.6. The van der Waals surface area contributed by atoms with E-state index >= 15 is 0 Å². The molecule has 6 rings (SSSR count). The number of hydrogen-bond acceptors (Lipinski definition) is 6. The number of benzene rings is 4. The van der Waals surface area contributed by atoms with Crippen LogP contribution in [0.3, 0.4) is 0 Å². The Bertz CT molecular complexity index is 1800. The van der Waals surface area contributed by atoms with Gasteiger partial charge in [-0.1, -0.05) is 54.1 Å². The molecule has 0 atom stereocenters. The molecule has 0 radical (unpaired) electrons. The maximum atomic E-state index is 13.7. The fraction of sp³-hybridized carbons (Fsp3) is 0.206. The molecule has 0 bridgehead atoms. The molecule has 1 aliphatic rings. The highest BCUT2D eigenvalue weighted by Crippen LogP contribution is 2.49. The smallest absolute Gasteiger partial charge is 0.342 e. The lowest BCUT2D eigenvalue weighted by molar-refractivity contribution is 0.0528. The summed E-state index contributed by atoms with van der Waals surface area (Å²) in [7, 11) is 3.24. The minimum atomic E-state index is -0.441. The molecule has 206 valence electrons. The van der Waals surface area contributed by atoms with Crippen molar-refractivity contribution in [3.05, 3.63) is 95.6 Å². The van der Waals surface area contributed by atoms with Gasteiger partial charge in [0.15, 0.2) is 11.5 Å². The van der Waals surface area contributed by atoms with E-state index in [0.717, 1.165) is 50.8 Å². The van der Waals surface area contributed by atoms with Gasteiger partial charge >= 0.3 is 5.97 Å². The van der Waals surface area contributed by atoms with Crippen LogP contribution in [0, 0.1) is 6.92 Å². The van der Waals surface area contributed by atoms with Crippen molar-refractivity contribution in [3.63, 3.8) is 0 Å². The Hall–Kier alpha value is -4.91. The lowest BCUT2D eigenvalue weighted by Crippen LogP contribution is -2.15. The van der Waals surface area contributed by atoms with Gasteiger partial charge < -0.3 is 18.8 Å². The van der Waals surface area contributed by atoms with E-state index in [-0.39, 0.29) is 6.61 Å². The van der Waals surface area contributed by atoms with E-state index in [2.05, 4.69) is 40.0 Å². The van der Waals surface area contributed by atoms with Crippen molar-refractivity contribution in [1.29, 1.82) is 0 Å². The van der Waals surface area contributed by atoms with Gasteiger partial charge in [-0.3, -0.25) is 0 Å². The van der Waals surface area contributed by atoms with Crippen LogP contribution in [0.4, 0.5) is 11.4 Å². The zero-order valence-corrected chi connectivity index (χ0v) is 23.6. The lowest BCUT2D eigenvalue weighted by Gasteiger charge is -2.24. The fourth-order valence-corrected chi connectivity index (χ4v) is 5.53. The van der Waals surface area contributed by atoms with Crippen LogP contribution < -0.4 is 9.47 Å². The fourth-order valence-electron chi connectivity index (χ4n) is 5.53. The van der Waals surface area contributed by atoms with Gasteiger partial charge in [-0.2, -0.15) is 5.11 Å². The number of carbonyl (C=O) groups excluding carboxylic acids is 1. The minimum absolute atomic E-state index is 0.238. The Morgan fingerprint density at radius 3 is 2.32 bits per heavy atom. The Morgan fingerprint density at radius 1 is 0.854 bits per heavy atom. The van der Waals surface area contributed by atoms with Crippen LogP contribution in [0.2, 0.25) is 0 Å². The number of aromatic nitrogens is 1. The Balaban J connectivity index is 1.67. The van der Waals surface area contributed by atoms with Crippen molar-refractivity contribution in [3.8, 4) is 34.0 Å². The van der Waals surface area contributed by atoms with Gasteiger partial charge in [-0.25, -0.2) is 4.79 Å². The van der Waals surface area contributed by atoms with Gasteiger partial charge in [-0.05, 0) is 66.9 Å². The first-order chi connectivity index (χ1) is 20.0. The molecule has 2 heterocycles. The molecule has 0 spiro atoms. The summed E-state index contributed by atoms with van der Waals surface area (Å²) in [6, 6.07) is 26.3. The highest BCUT2D eigenvalue weighted by Gasteiger charge is 2.34. The summed E-state index contributed by atoms with van der Waals surface area (Å²) in [4.78, 5) is 13.7. The summed E-state index contributed by atoms with van der Waals surface area (Å²) in [5.41, 5.74) is 7.16.